The van der Waals surface area contributed by atoms with Gasteiger partial charge in [-0.3, -0.25) is 9.69 Å². The van der Waals surface area contributed by atoms with Crippen molar-refractivity contribution < 1.29 is 4.79 Å². The summed E-state index contributed by atoms with van der Waals surface area (Å²) in [5.74, 6) is 0. The zero-order valence-corrected chi connectivity index (χ0v) is 11.3. The molecule has 1 unspecified atom stereocenters. The van der Waals surface area contributed by atoms with Crippen LogP contribution in [-0.4, -0.2) is 59.2 Å². The van der Waals surface area contributed by atoms with Crippen LogP contribution in [0.25, 0.3) is 0 Å². The molecule has 3 N–H and O–H groups in total. The van der Waals surface area contributed by atoms with Crippen molar-refractivity contribution in [2.75, 3.05) is 38.5 Å². The lowest BCUT2D eigenvalue weighted by Crippen LogP contribution is -2.52. The lowest BCUT2D eigenvalue weighted by atomic mass is 10.2. The van der Waals surface area contributed by atoms with Gasteiger partial charge < -0.3 is 20.5 Å². The number of urea groups is 1. The van der Waals surface area contributed by atoms with Gasteiger partial charge in [-0.2, -0.15) is 0 Å². The van der Waals surface area contributed by atoms with Crippen LogP contribution < -0.4 is 16.6 Å². The summed E-state index contributed by atoms with van der Waals surface area (Å²) in [4.78, 5) is 27.4. The molecule has 0 aromatic carbocycles. The Bertz CT molecular complexity index is 570. The number of carbonyl (C=O) groups excluding carboxylic acids is 1. The fourth-order valence-electron chi connectivity index (χ4n) is 2.85. The van der Waals surface area contributed by atoms with E-state index in [-0.39, 0.29) is 17.6 Å². The van der Waals surface area contributed by atoms with Crippen LogP contribution in [0.2, 0.25) is 0 Å². The molecule has 0 spiro atoms. The topological polar surface area (TPSA) is 83.6 Å². The molecule has 7 nitrogen and oxygen atoms in total. The van der Waals surface area contributed by atoms with Gasteiger partial charge in [-0.15, -0.1) is 0 Å². The highest BCUT2D eigenvalue weighted by molar-refractivity contribution is 5.77. The van der Waals surface area contributed by atoms with Crippen molar-refractivity contribution in [3.8, 4) is 0 Å². The highest BCUT2D eigenvalue weighted by atomic mass is 16.2. The number of anilines is 1. The van der Waals surface area contributed by atoms with Gasteiger partial charge in [-0.05, 0) is 6.07 Å². The van der Waals surface area contributed by atoms with E-state index in [4.69, 9.17) is 5.73 Å². The number of piperazine rings is 1. The molecule has 1 atom stereocenters. The van der Waals surface area contributed by atoms with Crippen LogP contribution in [0.5, 0.6) is 0 Å². The molecule has 2 amide bonds. The molecular weight excluding hydrogens is 258 g/mol. The predicted octanol–water partition coefficient (Wildman–Crippen LogP) is -0.860. The summed E-state index contributed by atoms with van der Waals surface area (Å²) in [5.41, 5.74) is 6.26. The summed E-state index contributed by atoms with van der Waals surface area (Å²) in [7, 11) is 0. The summed E-state index contributed by atoms with van der Waals surface area (Å²) in [6.07, 6.45) is 1.68. The van der Waals surface area contributed by atoms with Gasteiger partial charge in [0.25, 0.3) is 5.56 Å². The molecular formula is C13H19N5O2. The van der Waals surface area contributed by atoms with Crippen LogP contribution in [0.3, 0.4) is 0 Å². The van der Waals surface area contributed by atoms with Gasteiger partial charge >= 0.3 is 6.03 Å². The summed E-state index contributed by atoms with van der Waals surface area (Å²) in [6.45, 7) is 4.59. The number of aromatic nitrogens is 1. The number of nitrogen functional groups attached to an aromatic ring is 1. The number of pyridine rings is 1. The number of carbonyl (C=O) groups is 1. The first-order valence-corrected chi connectivity index (χ1v) is 6.86. The summed E-state index contributed by atoms with van der Waals surface area (Å²) < 4.78 is 1.64. The van der Waals surface area contributed by atoms with Gasteiger partial charge in [-0.1, -0.05) is 0 Å². The van der Waals surface area contributed by atoms with Crippen LogP contribution in [-0.2, 0) is 6.54 Å². The maximum Gasteiger partial charge on any atom is 0.317 e. The normalized spacial score (nSPS) is 22.7. The summed E-state index contributed by atoms with van der Waals surface area (Å²) in [6, 6.07) is 3.41. The van der Waals surface area contributed by atoms with E-state index in [1.807, 2.05) is 4.90 Å². The third kappa shape index (κ3) is 2.49. The van der Waals surface area contributed by atoms with Crippen LogP contribution >= 0.6 is 0 Å². The Hall–Kier alpha value is -2.02. The molecule has 108 valence electrons. The Balaban J connectivity index is 1.58. The first kappa shape index (κ1) is 13.0. The summed E-state index contributed by atoms with van der Waals surface area (Å²) >= 11 is 0. The zero-order chi connectivity index (χ0) is 14.1. The highest BCUT2D eigenvalue weighted by Crippen LogP contribution is 2.13. The van der Waals surface area contributed by atoms with Gasteiger partial charge in [0.05, 0.1) is 6.04 Å². The minimum absolute atomic E-state index is 0.0319. The molecule has 3 heterocycles. The monoisotopic (exact) mass is 277 g/mol. The predicted molar refractivity (Wildman–Crippen MR) is 75.4 cm³/mol. The number of nitrogens with two attached hydrogens (primary N) is 1. The Labute approximate surface area is 117 Å². The van der Waals surface area contributed by atoms with E-state index in [9.17, 15) is 9.59 Å². The fourth-order valence-corrected chi connectivity index (χ4v) is 2.85. The second kappa shape index (κ2) is 5.16. The Morgan fingerprint density at radius 3 is 2.95 bits per heavy atom. The van der Waals surface area contributed by atoms with E-state index in [1.165, 1.54) is 6.07 Å². The quantitative estimate of drug-likeness (QED) is 0.753. The molecule has 2 fully saturated rings. The van der Waals surface area contributed by atoms with E-state index in [2.05, 4.69) is 10.2 Å². The zero-order valence-electron chi connectivity index (χ0n) is 11.3. The molecule has 0 aliphatic carbocycles. The largest absolute Gasteiger partial charge is 0.398 e. The van der Waals surface area contributed by atoms with E-state index in [1.54, 1.807) is 16.8 Å². The van der Waals surface area contributed by atoms with Crippen molar-refractivity contribution in [3.63, 3.8) is 0 Å². The minimum atomic E-state index is -0.0319. The molecule has 2 saturated heterocycles. The van der Waals surface area contributed by atoms with Gasteiger partial charge in [0, 0.05) is 57.2 Å². The van der Waals surface area contributed by atoms with Gasteiger partial charge in [0.1, 0.15) is 0 Å². The minimum Gasteiger partial charge on any atom is -0.398 e. The molecule has 20 heavy (non-hydrogen) atoms. The number of hydrogen-bond donors (Lipinski definition) is 2. The van der Waals surface area contributed by atoms with E-state index in [0.717, 1.165) is 26.2 Å². The maximum absolute atomic E-state index is 11.7. The number of nitrogens with zero attached hydrogens (tertiary/aromatic N) is 3. The standard InChI is InChI=1S/C13H19N5O2/c14-10-1-2-12(19)17(8-10)5-3-16-4-6-18-11(9-16)7-15-13(18)20/h1-2,8,11H,3-7,9,14H2,(H,15,20). The average molecular weight is 277 g/mol. The molecule has 2 aliphatic heterocycles. The Kier molecular flexibility index (Phi) is 3.35. The molecule has 0 bridgehead atoms. The second-order valence-electron chi connectivity index (χ2n) is 5.33. The highest BCUT2D eigenvalue weighted by Gasteiger charge is 2.35. The molecule has 1 aromatic heterocycles. The molecule has 0 radical (unpaired) electrons. The smallest absolute Gasteiger partial charge is 0.317 e. The third-order valence-corrected chi connectivity index (χ3v) is 3.98. The van der Waals surface area contributed by atoms with Crippen molar-refractivity contribution in [2.45, 2.75) is 12.6 Å². The third-order valence-electron chi connectivity index (χ3n) is 3.98. The summed E-state index contributed by atoms with van der Waals surface area (Å²) in [5, 5.41) is 2.86. The number of rotatable bonds is 3. The Morgan fingerprint density at radius 2 is 2.10 bits per heavy atom. The van der Waals surface area contributed by atoms with Gasteiger partial charge in [0.2, 0.25) is 0 Å². The first-order valence-electron chi connectivity index (χ1n) is 6.86. The number of nitrogens with one attached hydrogen (secondary N) is 1. The van der Waals surface area contributed by atoms with Crippen molar-refractivity contribution in [1.82, 2.24) is 19.7 Å². The van der Waals surface area contributed by atoms with E-state index >= 15 is 0 Å². The maximum atomic E-state index is 11.7. The molecule has 3 rings (SSSR count). The van der Waals surface area contributed by atoms with E-state index < -0.39 is 0 Å². The lowest BCUT2D eigenvalue weighted by Gasteiger charge is -2.36. The van der Waals surface area contributed by atoms with E-state index in [0.29, 0.717) is 18.8 Å². The van der Waals surface area contributed by atoms with Gasteiger partial charge in [0.15, 0.2) is 0 Å². The van der Waals surface area contributed by atoms with Crippen LogP contribution in [0, 0.1) is 0 Å². The van der Waals surface area contributed by atoms with Crippen LogP contribution in [0.1, 0.15) is 0 Å². The van der Waals surface area contributed by atoms with Gasteiger partial charge in [-0.25, -0.2) is 4.79 Å². The van der Waals surface area contributed by atoms with Crippen LogP contribution in [0.4, 0.5) is 10.5 Å². The molecule has 2 aliphatic rings. The SMILES string of the molecule is Nc1ccc(=O)n(CCN2CCN3C(=O)NCC3C2)c1. The number of hydrogen-bond acceptors (Lipinski definition) is 4. The van der Waals surface area contributed by atoms with Crippen molar-refractivity contribution >= 4 is 11.7 Å². The van der Waals surface area contributed by atoms with Crippen molar-refractivity contribution in [1.29, 1.82) is 0 Å². The lowest BCUT2D eigenvalue weighted by molar-refractivity contribution is 0.118. The number of fused-ring (bicyclic) bond motifs is 1. The van der Waals surface area contributed by atoms with Crippen molar-refractivity contribution in [2.24, 2.45) is 0 Å². The molecule has 1 aromatic rings. The average Bonchev–Trinajstić information content (AvgIpc) is 2.81. The first-order chi connectivity index (χ1) is 9.63. The van der Waals surface area contributed by atoms with Crippen LogP contribution in [0.15, 0.2) is 23.1 Å². The Morgan fingerprint density at radius 1 is 1.25 bits per heavy atom. The molecule has 0 saturated carbocycles. The molecule has 7 heteroatoms. The van der Waals surface area contributed by atoms with Crippen molar-refractivity contribution in [3.05, 3.63) is 28.7 Å². The number of amides is 2. The fraction of sp³-hybridized carbons (Fsp3) is 0.538. The second-order valence-corrected chi connectivity index (χ2v) is 5.33.